The van der Waals surface area contributed by atoms with Gasteiger partial charge in [0.25, 0.3) is 0 Å². The first kappa shape index (κ1) is 12.2. The van der Waals surface area contributed by atoms with Crippen LogP contribution in [0.15, 0.2) is 36.4 Å². The van der Waals surface area contributed by atoms with Crippen LogP contribution in [0.2, 0.25) is 0 Å². The molecule has 1 amide bonds. The van der Waals surface area contributed by atoms with Gasteiger partial charge in [-0.25, -0.2) is 0 Å². The molecule has 0 saturated carbocycles. The molecule has 0 aliphatic carbocycles. The molecule has 18 heavy (non-hydrogen) atoms. The Balaban J connectivity index is 2.64. The number of amides is 1. The van der Waals surface area contributed by atoms with Crippen LogP contribution in [0.1, 0.15) is 21.5 Å². The molecule has 0 radical (unpaired) electrons. The van der Waals surface area contributed by atoms with Crippen LogP contribution in [-0.4, -0.2) is 11.0 Å². The van der Waals surface area contributed by atoms with Crippen LogP contribution in [-0.2, 0) is 0 Å². The van der Waals surface area contributed by atoms with Gasteiger partial charge in [-0.15, -0.1) is 0 Å². The van der Waals surface area contributed by atoms with E-state index in [1.165, 1.54) is 6.07 Å². The number of nitrogens with two attached hydrogens (primary N) is 1. The predicted octanol–water partition coefficient (Wildman–Crippen LogP) is 2.77. The van der Waals surface area contributed by atoms with Crippen molar-refractivity contribution < 1.29 is 9.90 Å². The molecular weight excluding hydrogens is 226 g/mol. The van der Waals surface area contributed by atoms with Gasteiger partial charge in [0.1, 0.15) is 5.75 Å². The Morgan fingerprint density at radius 2 is 1.89 bits per heavy atom. The van der Waals surface area contributed by atoms with Crippen LogP contribution in [0.3, 0.4) is 0 Å². The van der Waals surface area contributed by atoms with Crippen molar-refractivity contribution in [3.05, 3.63) is 53.1 Å². The summed E-state index contributed by atoms with van der Waals surface area (Å²) in [5.74, 6) is -0.500. The third kappa shape index (κ3) is 2.20. The minimum atomic E-state index is -0.544. The number of rotatable bonds is 2. The monoisotopic (exact) mass is 241 g/mol. The van der Waals surface area contributed by atoms with E-state index in [-0.39, 0.29) is 5.75 Å². The normalized spacial score (nSPS) is 10.3. The lowest BCUT2D eigenvalue weighted by Crippen LogP contribution is -2.10. The van der Waals surface area contributed by atoms with Crippen LogP contribution in [0, 0.1) is 13.8 Å². The number of hydrogen-bond donors (Lipinski definition) is 2. The van der Waals surface area contributed by atoms with Crippen molar-refractivity contribution in [3.8, 4) is 16.9 Å². The fourth-order valence-electron chi connectivity index (χ4n) is 1.97. The number of aryl methyl sites for hydroxylation is 1. The maximum Gasteiger partial charge on any atom is 0.248 e. The molecule has 0 aliphatic rings. The van der Waals surface area contributed by atoms with Gasteiger partial charge in [0.05, 0.1) is 0 Å². The third-order valence-corrected chi connectivity index (χ3v) is 3.12. The maximum absolute atomic E-state index is 11.2. The van der Waals surface area contributed by atoms with Crippen molar-refractivity contribution in [2.45, 2.75) is 13.8 Å². The highest BCUT2D eigenvalue weighted by molar-refractivity contribution is 5.94. The Bertz CT molecular complexity index is 618. The van der Waals surface area contributed by atoms with Gasteiger partial charge in [-0.05, 0) is 54.3 Å². The second kappa shape index (κ2) is 4.53. The van der Waals surface area contributed by atoms with Gasteiger partial charge in [-0.2, -0.15) is 0 Å². The van der Waals surface area contributed by atoms with Crippen LogP contribution < -0.4 is 5.73 Å². The molecule has 0 saturated heterocycles. The van der Waals surface area contributed by atoms with E-state index in [9.17, 15) is 9.90 Å². The highest BCUT2D eigenvalue weighted by atomic mass is 16.3. The molecule has 0 fully saturated rings. The van der Waals surface area contributed by atoms with E-state index in [1.54, 1.807) is 12.1 Å². The van der Waals surface area contributed by atoms with Crippen LogP contribution in [0.5, 0.6) is 5.75 Å². The quantitative estimate of drug-likeness (QED) is 0.849. The first-order valence-electron chi connectivity index (χ1n) is 5.69. The second-order valence-electron chi connectivity index (χ2n) is 4.38. The average molecular weight is 241 g/mol. The van der Waals surface area contributed by atoms with Crippen LogP contribution in [0.4, 0.5) is 0 Å². The van der Waals surface area contributed by atoms with E-state index < -0.39 is 5.91 Å². The summed E-state index contributed by atoms with van der Waals surface area (Å²) >= 11 is 0. The molecule has 92 valence electrons. The number of phenols is 1. The molecule has 0 heterocycles. The topological polar surface area (TPSA) is 63.3 Å². The van der Waals surface area contributed by atoms with Crippen LogP contribution in [0.25, 0.3) is 11.1 Å². The SMILES string of the molecule is Cc1cccc(-c2cc(O)cc(C(N)=O)c2)c1C. The minimum Gasteiger partial charge on any atom is -0.508 e. The highest BCUT2D eigenvalue weighted by Gasteiger charge is 2.09. The molecule has 0 unspecified atom stereocenters. The van der Waals surface area contributed by atoms with Crippen molar-refractivity contribution in [2.24, 2.45) is 5.73 Å². The largest absolute Gasteiger partial charge is 0.508 e. The molecule has 3 nitrogen and oxygen atoms in total. The lowest BCUT2D eigenvalue weighted by molar-refractivity contribution is 0.1000. The van der Waals surface area contributed by atoms with E-state index in [0.29, 0.717) is 5.56 Å². The van der Waals surface area contributed by atoms with E-state index >= 15 is 0 Å². The third-order valence-electron chi connectivity index (χ3n) is 3.12. The molecule has 3 N–H and O–H groups in total. The van der Waals surface area contributed by atoms with Gasteiger partial charge in [0.2, 0.25) is 5.91 Å². The lowest BCUT2D eigenvalue weighted by Gasteiger charge is -2.10. The van der Waals surface area contributed by atoms with Gasteiger partial charge < -0.3 is 10.8 Å². The molecule has 0 aliphatic heterocycles. The fourth-order valence-corrected chi connectivity index (χ4v) is 1.97. The molecule has 0 atom stereocenters. The fraction of sp³-hybridized carbons (Fsp3) is 0.133. The Labute approximate surface area is 106 Å². The van der Waals surface area contributed by atoms with Crippen molar-refractivity contribution in [3.63, 3.8) is 0 Å². The van der Waals surface area contributed by atoms with Gasteiger partial charge in [0, 0.05) is 5.56 Å². The molecule has 2 aromatic carbocycles. The number of primary amides is 1. The van der Waals surface area contributed by atoms with Crippen molar-refractivity contribution >= 4 is 5.91 Å². The second-order valence-corrected chi connectivity index (χ2v) is 4.38. The molecule has 0 bridgehead atoms. The Hall–Kier alpha value is -2.29. The first-order valence-corrected chi connectivity index (χ1v) is 5.69. The maximum atomic E-state index is 11.2. The molecule has 2 aromatic rings. The summed E-state index contributed by atoms with van der Waals surface area (Å²) in [6.07, 6.45) is 0. The number of hydrogen-bond acceptors (Lipinski definition) is 2. The van der Waals surface area contributed by atoms with E-state index in [1.807, 2.05) is 32.0 Å². The Morgan fingerprint density at radius 1 is 1.17 bits per heavy atom. The van der Waals surface area contributed by atoms with E-state index in [2.05, 4.69) is 0 Å². The first-order chi connectivity index (χ1) is 8.49. The molecule has 0 spiro atoms. The van der Waals surface area contributed by atoms with Gasteiger partial charge in [-0.3, -0.25) is 4.79 Å². The van der Waals surface area contributed by atoms with E-state index in [4.69, 9.17) is 5.73 Å². The van der Waals surface area contributed by atoms with Crippen molar-refractivity contribution in [2.75, 3.05) is 0 Å². The van der Waals surface area contributed by atoms with Crippen LogP contribution >= 0.6 is 0 Å². The van der Waals surface area contributed by atoms with Crippen molar-refractivity contribution in [1.29, 1.82) is 0 Å². The van der Waals surface area contributed by atoms with Gasteiger partial charge in [-0.1, -0.05) is 18.2 Å². The van der Waals surface area contributed by atoms with Gasteiger partial charge in [0.15, 0.2) is 0 Å². The summed E-state index contributed by atoms with van der Waals surface area (Å²) in [5, 5.41) is 9.66. The zero-order chi connectivity index (χ0) is 13.3. The standard InChI is InChI=1S/C15H15NO2/c1-9-4-3-5-14(10(9)2)11-6-12(15(16)18)8-13(17)7-11/h3-8,17H,1-2H3,(H2,16,18). The zero-order valence-corrected chi connectivity index (χ0v) is 10.4. The molecular formula is C15H15NO2. The molecule has 2 rings (SSSR count). The summed E-state index contributed by atoms with van der Waals surface area (Å²) in [4.78, 5) is 11.2. The number of carbonyl (C=O) groups excluding carboxylic acids is 1. The molecule has 0 aromatic heterocycles. The highest BCUT2D eigenvalue weighted by Crippen LogP contribution is 2.29. The summed E-state index contributed by atoms with van der Waals surface area (Å²) in [7, 11) is 0. The Kier molecular flexibility index (Phi) is 3.06. The zero-order valence-electron chi connectivity index (χ0n) is 10.4. The Morgan fingerprint density at radius 3 is 2.56 bits per heavy atom. The number of benzene rings is 2. The minimum absolute atomic E-state index is 0.0437. The van der Waals surface area contributed by atoms with Gasteiger partial charge >= 0.3 is 0 Å². The number of carbonyl (C=O) groups is 1. The lowest BCUT2D eigenvalue weighted by atomic mass is 9.95. The summed E-state index contributed by atoms with van der Waals surface area (Å²) < 4.78 is 0. The summed E-state index contributed by atoms with van der Waals surface area (Å²) in [6.45, 7) is 4.04. The number of aromatic hydroxyl groups is 1. The van der Waals surface area contributed by atoms with E-state index in [0.717, 1.165) is 22.3 Å². The number of phenolic OH excluding ortho intramolecular Hbond substituents is 1. The predicted molar refractivity (Wildman–Crippen MR) is 71.5 cm³/mol. The summed E-state index contributed by atoms with van der Waals surface area (Å²) in [6, 6.07) is 10.6. The molecule has 3 heteroatoms. The average Bonchev–Trinajstić information content (AvgIpc) is 2.31. The smallest absolute Gasteiger partial charge is 0.248 e. The van der Waals surface area contributed by atoms with Crippen molar-refractivity contribution in [1.82, 2.24) is 0 Å². The summed E-state index contributed by atoms with van der Waals surface area (Å²) in [5.41, 5.74) is 9.64.